The average molecular weight is 407 g/mol. The van der Waals surface area contributed by atoms with Crippen LogP contribution >= 0.6 is 0 Å². The van der Waals surface area contributed by atoms with Gasteiger partial charge in [-0.3, -0.25) is 9.59 Å². The van der Waals surface area contributed by atoms with E-state index in [0.29, 0.717) is 11.1 Å². The first-order chi connectivity index (χ1) is 14.6. The number of hydrogen-bond acceptors (Lipinski definition) is 6. The molecular formula is C22H21N3O5. The van der Waals surface area contributed by atoms with Gasteiger partial charge in [0.25, 0.3) is 11.5 Å². The Bertz CT molecular complexity index is 1190. The number of rotatable bonds is 6. The van der Waals surface area contributed by atoms with Gasteiger partial charge < -0.3 is 15.2 Å². The lowest BCUT2D eigenvalue weighted by Crippen LogP contribution is -2.28. The fourth-order valence-electron chi connectivity index (χ4n) is 3.68. The number of ether oxygens (including phenoxy) is 1. The van der Waals surface area contributed by atoms with Crippen LogP contribution in [0.2, 0.25) is 0 Å². The Balaban J connectivity index is 1.48. The van der Waals surface area contributed by atoms with Crippen LogP contribution in [0.15, 0.2) is 47.3 Å². The van der Waals surface area contributed by atoms with E-state index in [2.05, 4.69) is 10.4 Å². The molecule has 154 valence electrons. The number of aliphatic hydroxyl groups excluding tert-OH is 1. The van der Waals surface area contributed by atoms with Crippen molar-refractivity contribution in [3.63, 3.8) is 0 Å². The summed E-state index contributed by atoms with van der Waals surface area (Å²) in [5.74, 6) is -1.28. The fourth-order valence-corrected chi connectivity index (χ4v) is 3.68. The lowest BCUT2D eigenvalue weighted by atomic mass is 10.1. The number of benzene rings is 2. The maximum Gasteiger partial charge on any atom is 0.359 e. The van der Waals surface area contributed by atoms with Crippen molar-refractivity contribution in [3.8, 4) is 0 Å². The Kier molecular flexibility index (Phi) is 5.58. The fraction of sp³-hybridized carbons (Fsp3) is 0.273. The molecule has 8 heteroatoms. The Labute approximate surface area is 172 Å². The summed E-state index contributed by atoms with van der Waals surface area (Å²) >= 11 is 0. The van der Waals surface area contributed by atoms with E-state index in [4.69, 9.17) is 9.84 Å². The lowest BCUT2D eigenvalue weighted by Gasteiger charge is -2.11. The minimum atomic E-state index is -0.818. The summed E-state index contributed by atoms with van der Waals surface area (Å²) in [6.45, 7) is -0.837. The van der Waals surface area contributed by atoms with Crippen LogP contribution < -0.4 is 10.9 Å². The molecule has 0 atom stereocenters. The molecule has 1 aliphatic carbocycles. The molecule has 0 aliphatic heterocycles. The van der Waals surface area contributed by atoms with Gasteiger partial charge >= 0.3 is 5.97 Å². The number of nitrogens with zero attached hydrogens (tertiary/aromatic N) is 2. The molecule has 3 aromatic rings. The maximum atomic E-state index is 12.6. The first-order valence-electron chi connectivity index (χ1n) is 9.76. The van der Waals surface area contributed by atoms with E-state index in [9.17, 15) is 14.4 Å². The highest BCUT2D eigenvalue weighted by atomic mass is 16.5. The number of nitrogens with one attached hydrogen (secondary N) is 1. The van der Waals surface area contributed by atoms with E-state index >= 15 is 0 Å². The molecule has 0 bridgehead atoms. The van der Waals surface area contributed by atoms with Crippen LogP contribution in [0, 0.1) is 0 Å². The van der Waals surface area contributed by atoms with E-state index in [1.54, 1.807) is 24.3 Å². The van der Waals surface area contributed by atoms with E-state index in [0.717, 1.165) is 23.9 Å². The number of aromatic nitrogens is 2. The Morgan fingerprint density at radius 3 is 2.67 bits per heavy atom. The number of carbonyl (C=O) groups is 2. The van der Waals surface area contributed by atoms with Crippen LogP contribution in [0.25, 0.3) is 10.8 Å². The summed E-state index contributed by atoms with van der Waals surface area (Å²) in [5.41, 5.74) is 2.70. The maximum absolute atomic E-state index is 12.6. The number of anilines is 1. The van der Waals surface area contributed by atoms with Gasteiger partial charge in [0.05, 0.1) is 18.5 Å². The van der Waals surface area contributed by atoms with E-state index in [1.807, 2.05) is 18.2 Å². The van der Waals surface area contributed by atoms with Crippen LogP contribution in [0.3, 0.4) is 0 Å². The number of carbonyl (C=O) groups excluding carboxylic acids is 2. The van der Waals surface area contributed by atoms with Gasteiger partial charge in [-0.15, -0.1) is 0 Å². The van der Waals surface area contributed by atoms with Crippen molar-refractivity contribution in [3.05, 3.63) is 69.6 Å². The minimum Gasteiger partial charge on any atom is -0.451 e. The summed E-state index contributed by atoms with van der Waals surface area (Å²) in [7, 11) is 0. The minimum absolute atomic E-state index is 0.0528. The third-order valence-corrected chi connectivity index (χ3v) is 5.09. The molecule has 0 saturated heterocycles. The largest absolute Gasteiger partial charge is 0.451 e. The summed E-state index contributed by atoms with van der Waals surface area (Å²) in [6.07, 6.45) is 3.17. The Morgan fingerprint density at radius 2 is 1.87 bits per heavy atom. The second kappa shape index (κ2) is 8.46. The topological polar surface area (TPSA) is 111 Å². The zero-order chi connectivity index (χ0) is 21.1. The van der Waals surface area contributed by atoms with Crippen LogP contribution in [-0.4, -0.2) is 40.0 Å². The molecule has 1 amide bonds. The first kappa shape index (κ1) is 19.8. The van der Waals surface area contributed by atoms with Gasteiger partial charge in [0.2, 0.25) is 0 Å². The molecule has 0 unspecified atom stereocenters. The number of aryl methyl sites for hydroxylation is 2. The van der Waals surface area contributed by atoms with Crippen molar-refractivity contribution >= 4 is 28.3 Å². The zero-order valence-electron chi connectivity index (χ0n) is 16.3. The van der Waals surface area contributed by atoms with Crippen molar-refractivity contribution in [2.24, 2.45) is 0 Å². The summed E-state index contributed by atoms with van der Waals surface area (Å²) < 4.78 is 6.16. The second-order valence-corrected chi connectivity index (χ2v) is 7.11. The third kappa shape index (κ3) is 3.95. The van der Waals surface area contributed by atoms with E-state index < -0.39 is 24.0 Å². The molecule has 0 spiro atoms. The molecule has 0 radical (unpaired) electrons. The third-order valence-electron chi connectivity index (χ3n) is 5.09. The molecule has 2 N–H and O–H groups in total. The summed E-state index contributed by atoms with van der Waals surface area (Å²) in [5, 5.41) is 16.5. The standard InChI is InChI=1S/C22H21N3O5/c26-11-10-25-21(28)18-7-2-1-6-17(18)20(24-25)22(29)30-13-19(27)23-16-9-8-14-4-3-5-15(14)12-16/h1-2,6-9,12,26H,3-5,10-11,13H2,(H,23,27). The predicted octanol–water partition coefficient (Wildman–Crippen LogP) is 1.67. The van der Waals surface area contributed by atoms with Gasteiger partial charge in [0, 0.05) is 11.1 Å². The number of amides is 1. The smallest absolute Gasteiger partial charge is 0.359 e. The van der Waals surface area contributed by atoms with Gasteiger partial charge in [-0.2, -0.15) is 5.10 Å². The highest BCUT2D eigenvalue weighted by molar-refractivity contribution is 6.03. The van der Waals surface area contributed by atoms with E-state index in [-0.39, 0.29) is 24.2 Å². The molecule has 1 aromatic heterocycles. The van der Waals surface area contributed by atoms with Crippen molar-refractivity contribution in [2.75, 3.05) is 18.5 Å². The molecule has 1 heterocycles. The van der Waals surface area contributed by atoms with Crippen LogP contribution in [-0.2, 0) is 28.9 Å². The van der Waals surface area contributed by atoms with Crippen LogP contribution in [0.4, 0.5) is 5.69 Å². The first-order valence-corrected chi connectivity index (χ1v) is 9.76. The monoisotopic (exact) mass is 407 g/mol. The predicted molar refractivity (Wildman–Crippen MR) is 110 cm³/mol. The number of fused-ring (bicyclic) bond motifs is 2. The number of hydrogen-bond donors (Lipinski definition) is 2. The van der Waals surface area contributed by atoms with Gasteiger partial charge in [0.15, 0.2) is 12.3 Å². The number of esters is 1. The Hall–Kier alpha value is -3.52. The molecule has 30 heavy (non-hydrogen) atoms. The Morgan fingerprint density at radius 1 is 1.10 bits per heavy atom. The molecule has 1 aliphatic rings. The lowest BCUT2D eigenvalue weighted by molar-refractivity contribution is -0.119. The van der Waals surface area contributed by atoms with Crippen molar-refractivity contribution in [1.29, 1.82) is 0 Å². The summed E-state index contributed by atoms with van der Waals surface area (Å²) in [6, 6.07) is 12.3. The molecule has 4 rings (SSSR count). The van der Waals surface area contributed by atoms with Gasteiger partial charge in [-0.25, -0.2) is 9.48 Å². The highest BCUT2D eigenvalue weighted by Crippen LogP contribution is 2.24. The molecular weight excluding hydrogens is 386 g/mol. The molecule has 0 saturated carbocycles. The van der Waals surface area contributed by atoms with Crippen LogP contribution in [0.5, 0.6) is 0 Å². The molecule has 0 fully saturated rings. The van der Waals surface area contributed by atoms with Gasteiger partial charge in [-0.1, -0.05) is 24.3 Å². The van der Waals surface area contributed by atoms with Crippen molar-refractivity contribution in [1.82, 2.24) is 9.78 Å². The number of aliphatic hydroxyl groups is 1. The van der Waals surface area contributed by atoms with Gasteiger partial charge in [0.1, 0.15) is 0 Å². The molecule has 8 nitrogen and oxygen atoms in total. The normalized spacial score (nSPS) is 12.6. The highest BCUT2D eigenvalue weighted by Gasteiger charge is 2.19. The summed E-state index contributed by atoms with van der Waals surface area (Å²) in [4.78, 5) is 37.2. The van der Waals surface area contributed by atoms with Crippen molar-refractivity contribution < 1.29 is 19.4 Å². The van der Waals surface area contributed by atoms with E-state index in [1.165, 1.54) is 11.1 Å². The zero-order valence-corrected chi connectivity index (χ0v) is 16.3. The average Bonchev–Trinajstić information content (AvgIpc) is 3.22. The van der Waals surface area contributed by atoms with Crippen molar-refractivity contribution in [2.45, 2.75) is 25.8 Å². The quantitative estimate of drug-likeness (QED) is 0.602. The van der Waals surface area contributed by atoms with Crippen LogP contribution in [0.1, 0.15) is 28.0 Å². The van der Waals surface area contributed by atoms with Gasteiger partial charge in [-0.05, 0) is 48.6 Å². The second-order valence-electron chi connectivity index (χ2n) is 7.11. The molecule has 2 aromatic carbocycles. The SMILES string of the molecule is O=C(COC(=O)c1nn(CCO)c(=O)c2ccccc12)Nc1ccc2c(c1)CCC2.